The Morgan fingerprint density at radius 3 is 2.94 bits per heavy atom. The molecule has 1 fully saturated rings. The SMILES string of the molecule is CCCc1nc(N)c(C)c(OC2CCOC2)n1. The van der Waals surface area contributed by atoms with Crippen LogP contribution in [-0.4, -0.2) is 29.3 Å². The molecule has 1 aliphatic rings. The summed E-state index contributed by atoms with van der Waals surface area (Å²) >= 11 is 0. The van der Waals surface area contributed by atoms with Gasteiger partial charge in [-0.15, -0.1) is 0 Å². The molecule has 1 aromatic heterocycles. The minimum atomic E-state index is 0.0949. The quantitative estimate of drug-likeness (QED) is 0.859. The Morgan fingerprint density at radius 1 is 1.47 bits per heavy atom. The van der Waals surface area contributed by atoms with E-state index in [4.69, 9.17) is 15.2 Å². The van der Waals surface area contributed by atoms with Crippen LogP contribution in [0.3, 0.4) is 0 Å². The van der Waals surface area contributed by atoms with Gasteiger partial charge in [0, 0.05) is 12.8 Å². The number of aryl methyl sites for hydroxylation is 1. The van der Waals surface area contributed by atoms with Crippen LogP contribution in [0.1, 0.15) is 31.2 Å². The molecular formula is C12H19N3O2. The van der Waals surface area contributed by atoms with Crippen LogP contribution in [0.15, 0.2) is 0 Å². The predicted molar refractivity (Wildman–Crippen MR) is 65.0 cm³/mol. The van der Waals surface area contributed by atoms with E-state index < -0.39 is 0 Å². The highest BCUT2D eigenvalue weighted by Gasteiger charge is 2.20. The minimum absolute atomic E-state index is 0.0949. The van der Waals surface area contributed by atoms with Gasteiger partial charge in [-0.2, -0.15) is 4.98 Å². The van der Waals surface area contributed by atoms with E-state index in [1.807, 2.05) is 6.92 Å². The largest absolute Gasteiger partial charge is 0.471 e. The van der Waals surface area contributed by atoms with Crippen LogP contribution in [0.25, 0.3) is 0 Å². The van der Waals surface area contributed by atoms with Crippen molar-refractivity contribution >= 4 is 5.82 Å². The standard InChI is InChI=1S/C12H19N3O2/c1-3-4-10-14-11(13)8(2)12(15-10)17-9-5-6-16-7-9/h9H,3-7H2,1-2H3,(H2,13,14,15). The fourth-order valence-electron chi connectivity index (χ4n) is 1.77. The first-order valence-electron chi connectivity index (χ1n) is 6.08. The van der Waals surface area contributed by atoms with E-state index in [0.29, 0.717) is 18.3 Å². The van der Waals surface area contributed by atoms with Crippen molar-refractivity contribution in [3.63, 3.8) is 0 Å². The van der Waals surface area contributed by atoms with E-state index in [0.717, 1.165) is 37.3 Å². The van der Waals surface area contributed by atoms with Gasteiger partial charge in [-0.3, -0.25) is 0 Å². The van der Waals surface area contributed by atoms with Crippen LogP contribution in [0.5, 0.6) is 5.88 Å². The third-order valence-corrected chi connectivity index (χ3v) is 2.82. The zero-order chi connectivity index (χ0) is 12.3. The first kappa shape index (κ1) is 12.1. The summed E-state index contributed by atoms with van der Waals surface area (Å²) in [4.78, 5) is 8.67. The van der Waals surface area contributed by atoms with Crippen LogP contribution < -0.4 is 10.5 Å². The van der Waals surface area contributed by atoms with Crippen LogP contribution >= 0.6 is 0 Å². The van der Waals surface area contributed by atoms with Gasteiger partial charge in [0.25, 0.3) is 0 Å². The van der Waals surface area contributed by atoms with Gasteiger partial charge < -0.3 is 15.2 Å². The van der Waals surface area contributed by atoms with Gasteiger partial charge in [-0.25, -0.2) is 4.98 Å². The summed E-state index contributed by atoms with van der Waals surface area (Å²) in [6.45, 7) is 5.36. The first-order chi connectivity index (χ1) is 8.20. The van der Waals surface area contributed by atoms with E-state index in [1.54, 1.807) is 0 Å². The summed E-state index contributed by atoms with van der Waals surface area (Å²) in [5, 5.41) is 0. The number of anilines is 1. The molecular weight excluding hydrogens is 218 g/mol. The number of hydrogen-bond acceptors (Lipinski definition) is 5. The van der Waals surface area contributed by atoms with Crippen molar-refractivity contribution in [1.29, 1.82) is 0 Å². The molecule has 94 valence electrons. The summed E-state index contributed by atoms with van der Waals surface area (Å²) in [5.41, 5.74) is 6.68. The maximum Gasteiger partial charge on any atom is 0.222 e. The average molecular weight is 237 g/mol. The summed E-state index contributed by atoms with van der Waals surface area (Å²) in [5.74, 6) is 1.87. The Balaban J connectivity index is 2.18. The average Bonchev–Trinajstić information content (AvgIpc) is 2.78. The lowest BCUT2D eigenvalue weighted by atomic mass is 10.2. The van der Waals surface area contributed by atoms with Gasteiger partial charge in [0.1, 0.15) is 17.7 Å². The van der Waals surface area contributed by atoms with Crippen molar-refractivity contribution in [1.82, 2.24) is 9.97 Å². The molecule has 0 aromatic carbocycles. The number of hydrogen-bond donors (Lipinski definition) is 1. The van der Waals surface area contributed by atoms with Crippen LogP contribution in [0.4, 0.5) is 5.82 Å². The number of ether oxygens (including phenoxy) is 2. The molecule has 1 saturated heterocycles. The predicted octanol–water partition coefficient (Wildman–Crippen LogP) is 1.49. The number of rotatable bonds is 4. The van der Waals surface area contributed by atoms with Crippen LogP contribution in [0.2, 0.25) is 0 Å². The summed E-state index contributed by atoms with van der Waals surface area (Å²) < 4.78 is 11.1. The Hall–Kier alpha value is -1.36. The van der Waals surface area contributed by atoms with E-state index in [-0.39, 0.29) is 6.10 Å². The molecule has 0 aliphatic carbocycles. The third-order valence-electron chi connectivity index (χ3n) is 2.82. The first-order valence-corrected chi connectivity index (χ1v) is 6.08. The highest BCUT2D eigenvalue weighted by Crippen LogP contribution is 2.23. The molecule has 1 aromatic rings. The molecule has 1 atom stereocenters. The number of nitrogens with zero attached hydrogens (tertiary/aromatic N) is 2. The summed E-state index contributed by atoms with van der Waals surface area (Å²) in [6, 6.07) is 0. The van der Waals surface area contributed by atoms with Crippen molar-refractivity contribution in [3.05, 3.63) is 11.4 Å². The van der Waals surface area contributed by atoms with Crippen molar-refractivity contribution in [2.75, 3.05) is 18.9 Å². The van der Waals surface area contributed by atoms with Gasteiger partial charge in [0.05, 0.1) is 18.8 Å². The smallest absolute Gasteiger partial charge is 0.222 e. The normalized spacial score (nSPS) is 19.5. The highest BCUT2D eigenvalue weighted by atomic mass is 16.5. The fourth-order valence-corrected chi connectivity index (χ4v) is 1.77. The van der Waals surface area contributed by atoms with Gasteiger partial charge in [-0.05, 0) is 13.3 Å². The zero-order valence-electron chi connectivity index (χ0n) is 10.4. The van der Waals surface area contributed by atoms with Crippen molar-refractivity contribution in [3.8, 4) is 5.88 Å². The molecule has 1 unspecified atom stereocenters. The topological polar surface area (TPSA) is 70.3 Å². The molecule has 2 N–H and O–H groups in total. The van der Waals surface area contributed by atoms with E-state index >= 15 is 0 Å². The molecule has 0 radical (unpaired) electrons. The molecule has 0 amide bonds. The van der Waals surface area contributed by atoms with E-state index in [9.17, 15) is 0 Å². The van der Waals surface area contributed by atoms with Gasteiger partial charge in [0.2, 0.25) is 5.88 Å². The van der Waals surface area contributed by atoms with Gasteiger partial charge in [0.15, 0.2) is 0 Å². The van der Waals surface area contributed by atoms with E-state index in [2.05, 4.69) is 16.9 Å². The summed E-state index contributed by atoms with van der Waals surface area (Å²) in [7, 11) is 0. The van der Waals surface area contributed by atoms with Gasteiger partial charge >= 0.3 is 0 Å². The van der Waals surface area contributed by atoms with E-state index in [1.165, 1.54) is 0 Å². The Morgan fingerprint density at radius 2 is 2.29 bits per heavy atom. The second kappa shape index (κ2) is 5.31. The molecule has 2 rings (SSSR count). The molecule has 0 spiro atoms. The second-order valence-corrected chi connectivity index (χ2v) is 4.31. The molecule has 0 bridgehead atoms. The number of nitrogens with two attached hydrogens (primary N) is 1. The molecule has 17 heavy (non-hydrogen) atoms. The number of aromatic nitrogens is 2. The van der Waals surface area contributed by atoms with Crippen molar-refractivity contribution in [2.24, 2.45) is 0 Å². The fraction of sp³-hybridized carbons (Fsp3) is 0.667. The summed E-state index contributed by atoms with van der Waals surface area (Å²) in [6.07, 6.45) is 2.82. The maximum atomic E-state index is 5.86. The monoisotopic (exact) mass is 237 g/mol. The zero-order valence-corrected chi connectivity index (χ0v) is 10.4. The third kappa shape index (κ3) is 2.85. The molecule has 1 aliphatic heterocycles. The maximum absolute atomic E-state index is 5.86. The van der Waals surface area contributed by atoms with Crippen LogP contribution in [-0.2, 0) is 11.2 Å². The Bertz CT molecular complexity index is 390. The van der Waals surface area contributed by atoms with Crippen molar-refractivity contribution in [2.45, 2.75) is 39.2 Å². The molecule has 0 saturated carbocycles. The molecule has 5 heteroatoms. The lowest BCUT2D eigenvalue weighted by Crippen LogP contribution is -2.18. The lowest BCUT2D eigenvalue weighted by Gasteiger charge is -2.14. The Labute approximate surface area is 101 Å². The van der Waals surface area contributed by atoms with Crippen LogP contribution in [0, 0.1) is 6.92 Å². The Kier molecular flexibility index (Phi) is 3.78. The van der Waals surface area contributed by atoms with Gasteiger partial charge in [-0.1, -0.05) is 6.92 Å². The van der Waals surface area contributed by atoms with Crippen molar-refractivity contribution < 1.29 is 9.47 Å². The number of nitrogen functional groups attached to an aromatic ring is 1. The molecule has 2 heterocycles. The second-order valence-electron chi connectivity index (χ2n) is 4.31. The lowest BCUT2D eigenvalue weighted by molar-refractivity contribution is 0.137. The highest BCUT2D eigenvalue weighted by molar-refractivity contribution is 5.44. The molecule has 5 nitrogen and oxygen atoms in total. The minimum Gasteiger partial charge on any atom is -0.471 e.